The summed E-state index contributed by atoms with van der Waals surface area (Å²) in [5.41, 5.74) is -0.0780. The zero-order chi connectivity index (χ0) is 17.8. The molecule has 3 atom stereocenters. The largest absolute Gasteiger partial charge is 0.413 e. The molecule has 138 valence electrons. The fraction of sp³-hybridized carbons (Fsp3) is 0.947. The van der Waals surface area contributed by atoms with Crippen molar-refractivity contribution in [3.63, 3.8) is 0 Å². The molecule has 1 saturated heterocycles. The van der Waals surface area contributed by atoms with Crippen LogP contribution in [0.5, 0.6) is 0 Å². The first-order chi connectivity index (χ1) is 11.0. The summed E-state index contributed by atoms with van der Waals surface area (Å²) in [5.74, 6) is -0.114. The summed E-state index contributed by atoms with van der Waals surface area (Å²) in [5, 5.41) is 0.188. The van der Waals surface area contributed by atoms with Crippen LogP contribution in [-0.4, -0.2) is 39.2 Å². The fourth-order valence-electron chi connectivity index (χ4n) is 4.41. The van der Waals surface area contributed by atoms with E-state index < -0.39 is 14.1 Å². The van der Waals surface area contributed by atoms with E-state index in [-0.39, 0.29) is 22.5 Å². The van der Waals surface area contributed by atoms with Crippen LogP contribution in [0.1, 0.15) is 59.8 Å². The van der Waals surface area contributed by atoms with Gasteiger partial charge in [0.05, 0.1) is 19.3 Å². The van der Waals surface area contributed by atoms with Crippen molar-refractivity contribution < 1.29 is 18.7 Å². The van der Waals surface area contributed by atoms with Crippen LogP contribution in [-0.2, 0) is 18.7 Å². The number of hydrogen-bond donors (Lipinski definition) is 0. The van der Waals surface area contributed by atoms with Gasteiger partial charge in [-0.15, -0.1) is 0 Å². The van der Waals surface area contributed by atoms with Gasteiger partial charge in [-0.1, -0.05) is 27.7 Å². The van der Waals surface area contributed by atoms with E-state index >= 15 is 0 Å². The SMILES string of the molecule is CC(C)(C)[Si](C)(C)O[C@H]1CCC(=O)[C@H]2CC3(CC[C@]12C)OCCO3. The maximum Gasteiger partial charge on any atom is 0.192 e. The number of carbonyl (C=O) groups excluding carboxylic acids is 1. The monoisotopic (exact) mass is 354 g/mol. The van der Waals surface area contributed by atoms with Crippen LogP contribution in [0.4, 0.5) is 0 Å². The highest BCUT2D eigenvalue weighted by molar-refractivity contribution is 6.74. The Morgan fingerprint density at radius 2 is 1.79 bits per heavy atom. The second-order valence-electron chi connectivity index (χ2n) is 9.74. The predicted molar refractivity (Wildman–Crippen MR) is 96.4 cm³/mol. The first-order valence-corrected chi connectivity index (χ1v) is 12.4. The Bertz CT molecular complexity index is 504. The second kappa shape index (κ2) is 5.90. The second-order valence-corrected chi connectivity index (χ2v) is 14.5. The maximum absolute atomic E-state index is 12.7. The molecule has 1 heterocycles. The van der Waals surface area contributed by atoms with Gasteiger partial charge in [0, 0.05) is 30.6 Å². The summed E-state index contributed by atoms with van der Waals surface area (Å²) in [6, 6.07) is 0. The van der Waals surface area contributed by atoms with Crippen molar-refractivity contribution in [3.05, 3.63) is 0 Å². The fourth-order valence-corrected chi connectivity index (χ4v) is 5.86. The number of rotatable bonds is 2. The Kier molecular flexibility index (Phi) is 4.56. The Morgan fingerprint density at radius 3 is 2.38 bits per heavy atom. The van der Waals surface area contributed by atoms with Crippen LogP contribution in [0.25, 0.3) is 0 Å². The lowest BCUT2D eigenvalue weighted by molar-refractivity contribution is -0.220. The molecule has 3 rings (SSSR count). The van der Waals surface area contributed by atoms with Crippen LogP contribution in [0, 0.1) is 11.3 Å². The molecule has 24 heavy (non-hydrogen) atoms. The molecule has 1 spiro atoms. The van der Waals surface area contributed by atoms with Crippen molar-refractivity contribution in [2.75, 3.05) is 13.2 Å². The van der Waals surface area contributed by atoms with E-state index in [0.29, 0.717) is 31.8 Å². The molecule has 4 nitrogen and oxygen atoms in total. The number of ether oxygens (including phenoxy) is 2. The summed E-state index contributed by atoms with van der Waals surface area (Å²) in [6.07, 6.45) is 4.22. The van der Waals surface area contributed by atoms with E-state index in [1.807, 2.05) is 0 Å². The van der Waals surface area contributed by atoms with E-state index in [0.717, 1.165) is 19.3 Å². The Morgan fingerprint density at radius 1 is 1.17 bits per heavy atom. The third-order valence-electron chi connectivity index (χ3n) is 7.19. The average Bonchev–Trinajstić information content (AvgIpc) is 2.92. The Hall–Kier alpha value is -0.233. The summed E-state index contributed by atoms with van der Waals surface area (Å²) < 4.78 is 18.6. The molecule has 1 aliphatic heterocycles. The maximum atomic E-state index is 12.7. The molecule has 0 aromatic rings. The van der Waals surface area contributed by atoms with Crippen LogP contribution >= 0.6 is 0 Å². The molecule has 0 N–H and O–H groups in total. The van der Waals surface area contributed by atoms with Gasteiger partial charge in [0.2, 0.25) is 0 Å². The molecule has 0 amide bonds. The molecule has 0 radical (unpaired) electrons. The van der Waals surface area contributed by atoms with Gasteiger partial charge < -0.3 is 13.9 Å². The lowest BCUT2D eigenvalue weighted by atomic mass is 9.57. The lowest BCUT2D eigenvalue weighted by Gasteiger charge is -2.55. The number of hydrogen-bond acceptors (Lipinski definition) is 4. The predicted octanol–water partition coefficient (Wildman–Crippen LogP) is 4.29. The van der Waals surface area contributed by atoms with Crippen LogP contribution in [0.2, 0.25) is 18.1 Å². The number of fused-ring (bicyclic) bond motifs is 1. The quantitative estimate of drug-likeness (QED) is 0.694. The minimum atomic E-state index is -1.85. The molecule has 3 fully saturated rings. The molecule has 3 aliphatic rings. The smallest absolute Gasteiger partial charge is 0.192 e. The normalized spacial score (nSPS) is 36.8. The summed E-state index contributed by atoms with van der Waals surface area (Å²) in [4.78, 5) is 12.7. The number of Topliss-reactive ketones (excluding diaryl/α,β-unsaturated/α-hetero) is 1. The minimum Gasteiger partial charge on any atom is -0.413 e. The van der Waals surface area contributed by atoms with Gasteiger partial charge in [0.15, 0.2) is 14.1 Å². The first kappa shape index (κ1) is 18.6. The summed E-state index contributed by atoms with van der Waals surface area (Å²) in [6.45, 7) is 15.1. The van der Waals surface area contributed by atoms with Crippen molar-refractivity contribution in [1.29, 1.82) is 0 Å². The van der Waals surface area contributed by atoms with Gasteiger partial charge in [-0.3, -0.25) is 4.79 Å². The highest BCUT2D eigenvalue weighted by Gasteiger charge is 2.58. The van der Waals surface area contributed by atoms with Gasteiger partial charge >= 0.3 is 0 Å². The molecule has 0 aromatic heterocycles. The van der Waals surface area contributed by atoms with Gasteiger partial charge in [-0.05, 0) is 31.0 Å². The van der Waals surface area contributed by atoms with Crippen molar-refractivity contribution in [3.8, 4) is 0 Å². The Balaban J connectivity index is 1.82. The molecule has 0 aromatic carbocycles. The highest BCUT2D eigenvalue weighted by atomic mass is 28.4. The molecule has 0 bridgehead atoms. The highest BCUT2D eigenvalue weighted by Crippen LogP contribution is 2.55. The summed E-state index contributed by atoms with van der Waals surface area (Å²) in [7, 11) is -1.85. The van der Waals surface area contributed by atoms with E-state index in [4.69, 9.17) is 13.9 Å². The standard InChI is InChI=1S/C19H34O4Si/c1-17(2,3)24(5,6)23-16-8-7-15(20)14-13-19(21-11-12-22-19)10-9-18(14,16)4/h14,16H,7-13H2,1-6H3/t14-,16+,18+/m1/s1. The van der Waals surface area contributed by atoms with E-state index in [1.165, 1.54) is 0 Å². The zero-order valence-electron chi connectivity index (χ0n) is 16.2. The first-order valence-electron chi connectivity index (χ1n) is 9.48. The minimum absolute atomic E-state index is 0.00729. The van der Waals surface area contributed by atoms with Gasteiger partial charge in [0.25, 0.3) is 0 Å². The van der Waals surface area contributed by atoms with Crippen LogP contribution in [0.3, 0.4) is 0 Å². The topological polar surface area (TPSA) is 44.8 Å². The third-order valence-corrected chi connectivity index (χ3v) is 11.7. The molecular formula is C19H34O4Si. The third kappa shape index (κ3) is 3.02. The molecular weight excluding hydrogens is 320 g/mol. The van der Waals surface area contributed by atoms with Crippen molar-refractivity contribution in [1.82, 2.24) is 0 Å². The number of carbonyl (C=O) groups is 1. The van der Waals surface area contributed by atoms with Crippen molar-refractivity contribution in [2.45, 2.75) is 89.8 Å². The van der Waals surface area contributed by atoms with Gasteiger partial charge in [0.1, 0.15) is 5.78 Å². The number of ketones is 1. The van der Waals surface area contributed by atoms with Crippen LogP contribution < -0.4 is 0 Å². The van der Waals surface area contributed by atoms with Crippen molar-refractivity contribution >= 4 is 14.1 Å². The Labute approximate surface area is 147 Å². The molecule has 5 heteroatoms. The summed E-state index contributed by atoms with van der Waals surface area (Å²) >= 11 is 0. The average molecular weight is 355 g/mol. The molecule has 2 saturated carbocycles. The zero-order valence-corrected chi connectivity index (χ0v) is 17.2. The van der Waals surface area contributed by atoms with E-state index in [9.17, 15) is 4.79 Å². The van der Waals surface area contributed by atoms with Gasteiger partial charge in [-0.25, -0.2) is 0 Å². The lowest BCUT2D eigenvalue weighted by Crippen LogP contribution is -2.58. The molecule has 0 unspecified atom stereocenters. The van der Waals surface area contributed by atoms with Crippen molar-refractivity contribution in [2.24, 2.45) is 11.3 Å². The van der Waals surface area contributed by atoms with E-state index in [1.54, 1.807) is 0 Å². The van der Waals surface area contributed by atoms with Crippen LogP contribution in [0.15, 0.2) is 0 Å². The molecule has 2 aliphatic carbocycles. The van der Waals surface area contributed by atoms with E-state index in [2.05, 4.69) is 40.8 Å². The van der Waals surface area contributed by atoms with Gasteiger partial charge in [-0.2, -0.15) is 0 Å².